The first-order valence-electron chi connectivity index (χ1n) is 9.84. The summed E-state index contributed by atoms with van der Waals surface area (Å²) in [5.74, 6) is -1.99. The van der Waals surface area contributed by atoms with Crippen molar-refractivity contribution in [3.05, 3.63) is 82.4 Å². The predicted molar refractivity (Wildman–Crippen MR) is 118 cm³/mol. The van der Waals surface area contributed by atoms with E-state index in [9.17, 15) is 18.7 Å². The molecule has 1 aromatic heterocycles. The van der Waals surface area contributed by atoms with E-state index in [0.717, 1.165) is 23.3 Å². The number of benzene rings is 3. The Bertz CT molecular complexity index is 1300. The normalized spacial score (nSPS) is 11.1. The van der Waals surface area contributed by atoms with Crippen molar-refractivity contribution in [1.29, 1.82) is 0 Å². The van der Waals surface area contributed by atoms with Gasteiger partial charge in [0.1, 0.15) is 11.6 Å². The number of aromatic nitrogens is 2. The van der Waals surface area contributed by atoms with E-state index in [4.69, 9.17) is 11.6 Å². The minimum Gasteiger partial charge on any atom is -0.507 e. The third kappa shape index (κ3) is 4.43. The largest absolute Gasteiger partial charge is 0.507 e. The molecule has 32 heavy (non-hydrogen) atoms. The Hall–Kier alpha value is -3.45. The highest BCUT2D eigenvalue weighted by Gasteiger charge is 2.18. The molecule has 0 aliphatic carbocycles. The minimum absolute atomic E-state index is 0.0897. The molecule has 0 radical (unpaired) electrons. The van der Waals surface area contributed by atoms with Crippen molar-refractivity contribution in [2.24, 2.45) is 0 Å². The fraction of sp³-hybridized carbons (Fsp3) is 0.167. The molecule has 1 N–H and O–H groups in total. The van der Waals surface area contributed by atoms with Crippen LogP contribution in [-0.2, 0) is 22.5 Å². The van der Waals surface area contributed by atoms with E-state index in [2.05, 4.69) is 9.72 Å². The lowest BCUT2D eigenvalue weighted by Crippen LogP contribution is -2.04. The van der Waals surface area contributed by atoms with Gasteiger partial charge in [-0.3, -0.25) is 4.79 Å². The summed E-state index contributed by atoms with van der Waals surface area (Å²) in [6, 6.07) is 14.3. The smallest absolute Gasteiger partial charge is 0.305 e. The molecule has 164 valence electrons. The molecule has 1 heterocycles. The maximum Gasteiger partial charge on any atom is 0.305 e. The summed E-state index contributed by atoms with van der Waals surface area (Å²) in [5, 5.41) is 10.8. The van der Waals surface area contributed by atoms with Gasteiger partial charge in [0.05, 0.1) is 23.7 Å². The van der Waals surface area contributed by atoms with E-state index in [1.54, 1.807) is 16.7 Å². The maximum absolute atomic E-state index is 14.0. The van der Waals surface area contributed by atoms with Gasteiger partial charge in [-0.1, -0.05) is 35.9 Å². The van der Waals surface area contributed by atoms with E-state index in [-0.39, 0.29) is 23.7 Å². The van der Waals surface area contributed by atoms with Crippen LogP contribution < -0.4 is 0 Å². The molecule has 3 aromatic carbocycles. The first-order chi connectivity index (χ1) is 15.4. The summed E-state index contributed by atoms with van der Waals surface area (Å²) >= 11 is 5.95. The first kappa shape index (κ1) is 21.8. The predicted octanol–water partition coefficient (Wildman–Crippen LogP) is 5.49. The fourth-order valence-corrected chi connectivity index (χ4v) is 3.69. The van der Waals surface area contributed by atoms with Crippen molar-refractivity contribution in [2.45, 2.75) is 19.4 Å². The van der Waals surface area contributed by atoms with Crippen LogP contribution in [0.1, 0.15) is 17.5 Å². The Kier molecular flexibility index (Phi) is 6.10. The average Bonchev–Trinajstić information content (AvgIpc) is 3.10. The lowest BCUT2D eigenvalue weighted by molar-refractivity contribution is -0.140. The zero-order valence-corrected chi connectivity index (χ0v) is 17.9. The lowest BCUT2D eigenvalue weighted by atomic mass is 10.1. The minimum atomic E-state index is -0.996. The number of fused-ring (bicyclic) bond motifs is 1. The van der Waals surface area contributed by atoms with Crippen molar-refractivity contribution in [3.63, 3.8) is 0 Å². The Morgan fingerprint density at radius 3 is 2.44 bits per heavy atom. The van der Waals surface area contributed by atoms with E-state index >= 15 is 0 Å². The van der Waals surface area contributed by atoms with Crippen LogP contribution >= 0.6 is 11.6 Å². The van der Waals surface area contributed by atoms with E-state index in [1.807, 2.05) is 24.3 Å². The molecular formula is C24H19ClF2N2O3. The Labute approximate surface area is 187 Å². The number of carbonyl (C=O) groups excluding carboxylic acids is 1. The summed E-state index contributed by atoms with van der Waals surface area (Å²) in [6.45, 7) is 0.302. The quantitative estimate of drug-likeness (QED) is 0.389. The third-order valence-electron chi connectivity index (χ3n) is 5.20. The van der Waals surface area contributed by atoms with Crippen LogP contribution in [0.15, 0.2) is 54.6 Å². The van der Waals surface area contributed by atoms with Gasteiger partial charge in [-0.15, -0.1) is 0 Å². The van der Waals surface area contributed by atoms with Crippen molar-refractivity contribution in [2.75, 3.05) is 7.11 Å². The number of hydrogen-bond acceptors (Lipinski definition) is 4. The summed E-state index contributed by atoms with van der Waals surface area (Å²) in [5.41, 5.74) is 2.90. The van der Waals surface area contributed by atoms with Gasteiger partial charge in [-0.05, 0) is 35.7 Å². The number of phenolic OH excluding ortho intramolecular Hbond substituents is 1. The zero-order chi connectivity index (χ0) is 22.8. The molecule has 0 bridgehead atoms. The monoisotopic (exact) mass is 456 g/mol. The Morgan fingerprint density at radius 1 is 1.06 bits per heavy atom. The van der Waals surface area contributed by atoms with Crippen molar-refractivity contribution in [1.82, 2.24) is 9.55 Å². The second-order valence-corrected chi connectivity index (χ2v) is 7.77. The van der Waals surface area contributed by atoms with Gasteiger partial charge in [0.25, 0.3) is 0 Å². The molecule has 0 aliphatic rings. The number of hydrogen-bond donors (Lipinski definition) is 1. The van der Waals surface area contributed by atoms with Gasteiger partial charge < -0.3 is 14.4 Å². The fourth-order valence-electron chi connectivity index (χ4n) is 3.52. The average molecular weight is 457 g/mol. The van der Waals surface area contributed by atoms with Crippen molar-refractivity contribution < 1.29 is 23.4 Å². The van der Waals surface area contributed by atoms with Gasteiger partial charge in [0.15, 0.2) is 11.6 Å². The number of aryl methyl sites for hydroxylation is 1. The van der Waals surface area contributed by atoms with Gasteiger partial charge >= 0.3 is 5.97 Å². The first-order valence-corrected chi connectivity index (χ1v) is 10.2. The van der Waals surface area contributed by atoms with Crippen LogP contribution in [0, 0.1) is 11.6 Å². The highest BCUT2D eigenvalue weighted by Crippen LogP contribution is 2.34. The van der Waals surface area contributed by atoms with Crippen LogP contribution in [0.2, 0.25) is 5.02 Å². The zero-order valence-electron chi connectivity index (χ0n) is 17.1. The molecular weight excluding hydrogens is 438 g/mol. The van der Waals surface area contributed by atoms with Crippen LogP contribution in [0.25, 0.3) is 22.4 Å². The lowest BCUT2D eigenvalue weighted by Gasteiger charge is -2.12. The summed E-state index contributed by atoms with van der Waals surface area (Å²) < 4.78 is 34.2. The Balaban J connectivity index is 1.73. The highest BCUT2D eigenvalue weighted by molar-refractivity contribution is 6.30. The standard InChI is InChI=1S/C24H19ClF2N2O3/c1-32-23(31)9-6-14-2-4-15(5-3-14)13-29-21-12-19(27)18(26)11-20(21)28-24(29)17-8-7-16(25)10-22(17)30/h2-5,7-8,10-12,30H,6,9,13H2,1H3. The molecule has 0 saturated carbocycles. The van der Waals surface area contributed by atoms with Gasteiger partial charge in [-0.2, -0.15) is 0 Å². The van der Waals surface area contributed by atoms with E-state index in [1.165, 1.54) is 13.2 Å². The number of esters is 1. The molecule has 4 aromatic rings. The SMILES string of the molecule is COC(=O)CCc1ccc(Cn2c(-c3ccc(Cl)cc3O)nc3cc(F)c(F)cc32)cc1. The number of methoxy groups -OCH3 is 1. The highest BCUT2D eigenvalue weighted by atomic mass is 35.5. The van der Waals surface area contributed by atoms with Gasteiger partial charge in [0, 0.05) is 30.1 Å². The number of nitrogens with zero attached hydrogens (tertiary/aromatic N) is 2. The number of rotatable bonds is 6. The second kappa shape index (κ2) is 8.96. The second-order valence-electron chi connectivity index (χ2n) is 7.33. The van der Waals surface area contributed by atoms with Crippen LogP contribution in [0.5, 0.6) is 5.75 Å². The number of ether oxygens (including phenoxy) is 1. The molecule has 0 unspecified atom stereocenters. The maximum atomic E-state index is 14.0. The number of imidazole rings is 1. The third-order valence-corrected chi connectivity index (χ3v) is 5.44. The summed E-state index contributed by atoms with van der Waals surface area (Å²) in [6.07, 6.45) is 0.835. The van der Waals surface area contributed by atoms with Gasteiger partial charge in [0.2, 0.25) is 0 Å². The molecule has 0 fully saturated rings. The molecule has 0 atom stereocenters. The van der Waals surface area contributed by atoms with Gasteiger partial charge in [-0.25, -0.2) is 13.8 Å². The molecule has 0 saturated heterocycles. The topological polar surface area (TPSA) is 64.3 Å². The summed E-state index contributed by atoms with van der Waals surface area (Å²) in [7, 11) is 1.35. The molecule has 0 aliphatic heterocycles. The number of carbonyl (C=O) groups is 1. The van der Waals surface area contributed by atoms with Crippen LogP contribution in [0.4, 0.5) is 8.78 Å². The van der Waals surface area contributed by atoms with Crippen LogP contribution in [-0.4, -0.2) is 27.7 Å². The van der Waals surface area contributed by atoms with E-state index < -0.39 is 11.6 Å². The van der Waals surface area contributed by atoms with Crippen molar-refractivity contribution in [3.8, 4) is 17.1 Å². The number of phenols is 1. The summed E-state index contributed by atoms with van der Waals surface area (Å²) in [4.78, 5) is 15.8. The van der Waals surface area contributed by atoms with E-state index in [0.29, 0.717) is 34.9 Å². The molecule has 0 amide bonds. The molecule has 4 rings (SSSR count). The molecule has 5 nitrogen and oxygen atoms in total. The molecule has 0 spiro atoms. The number of aromatic hydroxyl groups is 1. The van der Waals surface area contributed by atoms with Crippen LogP contribution in [0.3, 0.4) is 0 Å². The van der Waals surface area contributed by atoms with Crippen molar-refractivity contribution >= 4 is 28.6 Å². The Morgan fingerprint density at radius 2 is 1.75 bits per heavy atom. The molecule has 8 heteroatoms. The number of halogens is 3.